The zero-order valence-electron chi connectivity index (χ0n) is 12.3. The maximum absolute atomic E-state index is 11.6. The highest BCUT2D eigenvalue weighted by Crippen LogP contribution is 2.24. The summed E-state index contributed by atoms with van der Waals surface area (Å²) in [5, 5.41) is 0. The Morgan fingerprint density at radius 2 is 1.95 bits per heavy atom. The van der Waals surface area contributed by atoms with E-state index in [-0.39, 0.29) is 18.1 Å². The molecule has 0 N–H and O–H groups in total. The number of anilines is 1. The molecule has 1 fully saturated rings. The lowest BCUT2D eigenvalue weighted by molar-refractivity contribution is -0.00550. The van der Waals surface area contributed by atoms with Crippen LogP contribution in [-0.2, 0) is 9.47 Å². The van der Waals surface area contributed by atoms with E-state index < -0.39 is 5.97 Å². The average Bonchev–Trinajstić information content (AvgIpc) is 2.44. The molecule has 2 unspecified atom stereocenters. The van der Waals surface area contributed by atoms with E-state index in [1.165, 1.54) is 14.2 Å². The van der Waals surface area contributed by atoms with E-state index in [2.05, 4.69) is 9.88 Å². The Morgan fingerprint density at radius 3 is 2.50 bits per heavy atom. The minimum absolute atomic E-state index is 0.145. The van der Waals surface area contributed by atoms with Gasteiger partial charge in [0.15, 0.2) is 0 Å². The van der Waals surface area contributed by atoms with Gasteiger partial charge in [0.2, 0.25) is 5.88 Å². The van der Waals surface area contributed by atoms with Gasteiger partial charge in [-0.25, -0.2) is 4.79 Å². The van der Waals surface area contributed by atoms with E-state index in [4.69, 9.17) is 14.2 Å². The normalized spacial score (nSPS) is 22.5. The van der Waals surface area contributed by atoms with E-state index >= 15 is 0 Å². The fourth-order valence-corrected chi connectivity index (χ4v) is 2.39. The lowest BCUT2D eigenvalue weighted by atomic mass is 10.2. The number of ether oxygens (including phenoxy) is 3. The van der Waals surface area contributed by atoms with Crippen LogP contribution < -0.4 is 9.64 Å². The van der Waals surface area contributed by atoms with Crippen LogP contribution in [0.1, 0.15) is 24.2 Å². The second-order valence-corrected chi connectivity index (χ2v) is 4.88. The van der Waals surface area contributed by atoms with Crippen LogP contribution in [-0.4, -0.2) is 50.5 Å². The van der Waals surface area contributed by atoms with Crippen molar-refractivity contribution in [3.05, 3.63) is 17.7 Å². The third-order valence-corrected chi connectivity index (χ3v) is 3.19. The predicted octanol–water partition coefficient (Wildman–Crippen LogP) is 1.49. The molecule has 6 heteroatoms. The van der Waals surface area contributed by atoms with Crippen molar-refractivity contribution >= 4 is 11.8 Å². The maximum Gasteiger partial charge on any atom is 0.343 e. The number of nitrogens with zero attached hydrogens (tertiary/aromatic N) is 2. The molecular formula is C14H20N2O4. The van der Waals surface area contributed by atoms with Crippen LogP contribution in [0.3, 0.4) is 0 Å². The summed E-state index contributed by atoms with van der Waals surface area (Å²) >= 11 is 0. The molecule has 0 spiro atoms. The van der Waals surface area contributed by atoms with Gasteiger partial charge in [-0.3, -0.25) is 0 Å². The minimum Gasteiger partial charge on any atom is -0.480 e. The summed E-state index contributed by atoms with van der Waals surface area (Å²) in [7, 11) is 2.82. The lowest BCUT2D eigenvalue weighted by Crippen LogP contribution is -2.45. The van der Waals surface area contributed by atoms with Gasteiger partial charge in [0.25, 0.3) is 0 Å². The smallest absolute Gasteiger partial charge is 0.343 e. The topological polar surface area (TPSA) is 60.9 Å². The standard InChI is InChI=1S/C14H20N2O4/c1-9-7-16(8-10(2)20-9)12-6-5-11(14(17)19-4)13(15-12)18-3/h5-6,9-10H,7-8H2,1-4H3. The first-order valence-corrected chi connectivity index (χ1v) is 6.59. The van der Waals surface area contributed by atoms with Crippen LogP contribution in [0, 0.1) is 0 Å². The van der Waals surface area contributed by atoms with Gasteiger partial charge in [-0.05, 0) is 26.0 Å². The fraction of sp³-hybridized carbons (Fsp3) is 0.571. The molecular weight excluding hydrogens is 260 g/mol. The Labute approximate surface area is 118 Å². The molecule has 0 bridgehead atoms. The van der Waals surface area contributed by atoms with Crippen molar-refractivity contribution in [3.63, 3.8) is 0 Å². The summed E-state index contributed by atoms with van der Waals surface area (Å²) in [5.74, 6) is 0.599. The van der Waals surface area contributed by atoms with Crippen LogP contribution >= 0.6 is 0 Å². The number of methoxy groups -OCH3 is 2. The number of hydrogen-bond acceptors (Lipinski definition) is 6. The Hall–Kier alpha value is -1.82. The Kier molecular flexibility index (Phi) is 4.44. The quantitative estimate of drug-likeness (QED) is 0.782. The number of pyridine rings is 1. The molecule has 2 atom stereocenters. The van der Waals surface area contributed by atoms with Crippen LogP contribution in [0.2, 0.25) is 0 Å². The SMILES string of the molecule is COC(=O)c1ccc(N2CC(C)OC(C)C2)nc1OC. The van der Waals surface area contributed by atoms with Crippen molar-refractivity contribution in [1.82, 2.24) is 4.98 Å². The Bertz CT molecular complexity index is 482. The summed E-state index contributed by atoms with van der Waals surface area (Å²) in [6.45, 7) is 5.58. The summed E-state index contributed by atoms with van der Waals surface area (Å²) < 4.78 is 15.6. The number of carbonyl (C=O) groups excluding carboxylic acids is 1. The van der Waals surface area contributed by atoms with Crippen molar-refractivity contribution in [2.45, 2.75) is 26.1 Å². The first-order chi connectivity index (χ1) is 9.55. The molecule has 20 heavy (non-hydrogen) atoms. The second kappa shape index (κ2) is 6.09. The first kappa shape index (κ1) is 14.6. The van der Waals surface area contributed by atoms with Crippen molar-refractivity contribution in [3.8, 4) is 5.88 Å². The van der Waals surface area contributed by atoms with Crippen molar-refractivity contribution in [2.75, 3.05) is 32.2 Å². The molecule has 1 aliphatic heterocycles. The van der Waals surface area contributed by atoms with Crippen LogP contribution in [0.4, 0.5) is 5.82 Å². The van der Waals surface area contributed by atoms with Gasteiger partial charge in [-0.2, -0.15) is 4.98 Å². The molecule has 1 aromatic heterocycles. The third kappa shape index (κ3) is 3.01. The van der Waals surface area contributed by atoms with Gasteiger partial charge in [0, 0.05) is 13.1 Å². The molecule has 0 aromatic carbocycles. The van der Waals surface area contributed by atoms with E-state index in [1.54, 1.807) is 12.1 Å². The van der Waals surface area contributed by atoms with Crippen LogP contribution in [0.25, 0.3) is 0 Å². The number of morpholine rings is 1. The number of esters is 1. The molecule has 0 amide bonds. The summed E-state index contributed by atoms with van der Waals surface area (Å²) in [6.07, 6.45) is 0.290. The Morgan fingerprint density at radius 1 is 1.30 bits per heavy atom. The van der Waals surface area contributed by atoms with Crippen LogP contribution in [0.5, 0.6) is 5.88 Å². The number of aromatic nitrogens is 1. The fourth-order valence-electron chi connectivity index (χ4n) is 2.39. The summed E-state index contributed by atoms with van der Waals surface area (Å²) in [5.41, 5.74) is 0.327. The van der Waals surface area contributed by atoms with Gasteiger partial charge < -0.3 is 19.1 Å². The predicted molar refractivity (Wildman–Crippen MR) is 74.4 cm³/mol. The molecule has 1 saturated heterocycles. The van der Waals surface area contributed by atoms with Gasteiger partial charge in [0.1, 0.15) is 11.4 Å². The number of hydrogen-bond donors (Lipinski definition) is 0. The average molecular weight is 280 g/mol. The van der Waals surface area contributed by atoms with E-state index in [1.807, 2.05) is 13.8 Å². The van der Waals surface area contributed by atoms with Crippen molar-refractivity contribution in [2.24, 2.45) is 0 Å². The zero-order chi connectivity index (χ0) is 14.7. The minimum atomic E-state index is -0.454. The van der Waals surface area contributed by atoms with E-state index in [0.29, 0.717) is 5.56 Å². The van der Waals surface area contributed by atoms with Crippen molar-refractivity contribution < 1.29 is 19.0 Å². The number of rotatable bonds is 3. The third-order valence-electron chi connectivity index (χ3n) is 3.19. The molecule has 6 nitrogen and oxygen atoms in total. The zero-order valence-corrected chi connectivity index (χ0v) is 12.3. The molecule has 1 aromatic rings. The van der Waals surface area contributed by atoms with Gasteiger partial charge in [-0.1, -0.05) is 0 Å². The number of carbonyl (C=O) groups is 1. The summed E-state index contributed by atoms with van der Waals surface area (Å²) in [4.78, 5) is 18.1. The molecule has 0 aliphatic carbocycles. The highest BCUT2D eigenvalue weighted by Gasteiger charge is 2.24. The molecule has 0 saturated carbocycles. The first-order valence-electron chi connectivity index (χ1n) is 6.59. The second-order valence-electron chi connectivity index (χ2n) is 4.88. The van der Waals surface area contributed by atoms with Crippen molar-refractivity contribution in [1.29, 1.82) is 0 Å². The monoisotopic (exact) mass is 280 g/mol. The molecule has 2 rings (SSSR count). The summed E-state index contributed by atoms with van der Waals surface area (Å²) in [6, 6.07) is 3.48. The van der Waals surface area contributed by atoms with Gasteiger partial charge in [-0.15, -0.1) is 0 Å². The van der Waals surface area contributed by atoms with E-state index in [9.17, 15) is 4.79 Å². The van der Waals surface area contributed by atoms with Gasteiger partial charge >= 0.3 is 5.97 Å². The molecule has 2 heterocycles. The molecule has 0 radical (unpaired) electrons. The highest BCUT2D eigenvalue weighted by molar-refractivity contribution is 5.92. The Balaban J connectivity index is 2.27. The maximum atomic E-state index is 11.6. The molecule has 1 aliphatic rings. The van der Waals surface area contributed by atoms with Gasteiger partial charge in [0.05, 0.1) is 26.4 Å². The largest absolute Gasteiger partial charge is 0.480 e. The molecule has 110 valence electrons. The van der Waals surface area contributed by atoms with E-state index in [0.717, 1.165) is 18.9 Å². The lowest BCUT2D eigenvalue weighted by Gasteiger charge is -2.36. The van der Waals surface area contributed by atoms with Crippen LogP contribution in [0.15, 0.2) is 12.1 Å². The highest BCUT2D eigenvalue weighted by atomic mass is 16.5.